The summed E-state index contributed by atoms with van der Waals surface area (Å²) in [5.74, 6) is 0.710. The van der Waals surface area contributed by atoms with Crippen LogP contribution in [0.4, 0.5) is 11.4 Å². The lowest BCUT2D eigenvalue weighted by Gasteiger charge is -2.37. The number of nitrogens with zero attached hydrogens (tertiary/aromatic N) is 4. The average molecular weight is 447 g/mol. The van der Waals surface area contributed by atoms with Crippen molar-refractivity contribution in [1.82, 2.24) is 14.9 Å². The van der Waals surface area contributed by atoms with Crippen LogP contribution in [-0.4, -0.2) is 70.5 Å². The van der Waals surface area contributed by atoms with Gasteiger partial charge in [0.2, 0.25) is 10.0 Å². The molecule has 2 aromatic rings. The fourth-order valence-electron chi connectivity index (χ4n) is 3.35. The maximum Gasteiger partial charge on any atom is 0.270 e. The van der Waals surface area contributed by atoms with Crippen LogP contribution in [0.15, 0.2) is 64.5 Å². The highest BCUT2D eigenvalue weighted by molar-refractivity contribution is 7.89. The van der Waals surface area contributed by atoms with Crippen molar-refractivity contribution in [3.05, 3.63) is 64.7 Å². The minimum atomic E-state index is -3.84. The van der Waals surface area contributed by atoms with E-state index >= 15 is 0 Å². The van der Waals surface area contributed by atoms with E-state index in [1.807, 2.05) is 18.2 Å². The van der Waals surface area contributed by atoms with E-state index in [0.717, 1.165) is 32.2 Å². The number of hydrogen-bond donors (Lipinski definition) is 2. The highest BCUT2D eigenvalue weighted by Gasteiger charge is 2.20. The van der Waals surface area contributed by atoms with Gasteiger partial charge < -0.3 is 15.1 Å². The number of guanidine groups is 1. The van der Waals surface area contributed by atoms with Gasteiger partial charge in [0.25, 0.3) is 5.69 Å². The van der Waals surface area contributed by atoms with E-state index < -0.39 is 14.9 Å². The monoisotopic (exact) mass is 446 g/mol. The number of hydrogen-bond acceptors (Lipinski definition) is 6. The largest absolute Gasteiger partial charge is 0.368 e. The number of piperazine rings is 1. The third-order valence-electron chi connectivity index (χ3n) is 4.95. The second-order valence-corrected chi connectivity index (χ2v) is 8.70. The van der Waals surface area contributed by atoms with Gasteiger partial charge in [-0.2, -0.15) is 0 Å². The molecular weight excluding hydrogens is 420 g/mol. The Morgan fingerprint density at radius 1 is 1.06 bits per heavy atom. The summed E-state index contributed by atoms with van der Waals surface area (Å²) in [4.78, 5) is 18.8. The summed E-state index contributed by atoms with van der Waals surface area (Å²) >= 11 is 0. The molecule has 1 aliphatic rings. The van der Waals surface area contributed by atoms with Crippen molar-refractivity contribution in [3.8, 4) is 0 Å². The number of anilines is 1. The summed E-state index contributed by atoms with van der Waals surface area (Å²) in [5, 5.41) is 14.0. The molecule has 11 heteroatoms. The number of sulfonamides is 1. The number of rotatable bonds is 7. The molecule has 2 aromatic carbocycles. The molecule has 0 bridgehead atoms. The molecule has 3 rings (SSSR count). The van der Waals surface area contributed by atoms with Gasteiger partial charge in [0.15, 0.2) is 5.96 Å². The Kier molecular flexibility index (Phi) is 7.42. The Hall–Kier alpha value is -3.18. The lowest BCUT2D eigenvalue weighted by atomic mass is 10.2. The molecule has 0 aliphatic carbocycles. The standard InChI is InChI=1S/C20H26N6O4S/c1-21-20(25-14-12-24(13-15-25)17-6-3-2-4-7-17)22-10-11-23-31(29,30)19-9-5-8-18(16-19)26(27)28/h2-9,16,23H,10-15H2,1H3,(H,21,22). The molecule has 1 aliphatic heterocycles. The predicted molar refractivity (Wildman–Crippen MR) is 120 cm³/mol. The van der Waals surface area contributed by atoms with Crippen molar-refractivity contribution in [2.24, 2.45) is 4.99 Å². The summed E-state index contributed by atoms with van der Waals surface area (Å²) in [5.41, 5.74) is 0.927. The first-order valence-electron chi connectivity index (χ1n) is 9.90. The summed E-state index contributed by atoms with van der Waals surface area (Å²) in [6.45, 7) is 3.78. The van der Waals surface area contributed by atoms with E-state index in [9.17, 15) is 18.5 Å². The molecule has 10 nitrogen and oxygen atoms in total. The molecular formula is C20H26N6O4S. The molecule has 0 amide bonds. The molecule has 1 fully saturated rings. The Labute approximate surface area is 181 Å². The van der Waals surface area contributed by atoms with Gasteiger partial charge in [-0.15, -0.1) is 0 Å². The van der Waals surface area contributed by atoms with E-state index in [0.29, 0.717) is 12.5 Å². The van der Waals surface area contributed by atoms with Crippen molar-refractivity contribution >= 4 is 27.4 Å². The zero-order chi connectivity index (χ0) is 22.3. The highest BCUT2D eigenvalue weighted by atomic mass is 32.2. The fourth-order valence-corrected chi connectivity index (χ4v) is 4.43. The Morgan fingerprint density at radius 2 is 1.77 bits per heavy atom. The molecule has 2 N–H and O–H groups in total. The summed E-state index contributed by atoms with van der Waals surface area (Å²) in [6, 6.07) is 15.2. The first-order chi connectivity index (χ1) is 14.9. The zero-order valence-electron chi connectivity index (χ0n) is 17.3. The topological polar surface area (TPSA) is 120 Å². The van der Waals surface area contributed by atoms with Gasteiger partial charge in [0.1, 0.15) is 0 Å². The average Bonchev–Trinajstić information content (AvgIpc) is 2.80. The highest BCUT2D eigenvalue weighted by Crippen LogP contribution is 2.17. The lowest BCUT2D eigenvalue weighted by molar-refractivity contribution is -0.385. The van der Waals surface area contributed by atoms with Crippen LogP contribution in [0.2, 0.25) is 0 Å². The molecule has 166 valence electrons. The van der Waals surface area contributed by atoms with E-state index in [2.05, 4.69) is 37.0 Å². The van der Waals surface area contributed by atoms with Gasteiger partial charge >= 0.3 is 0 Å². The van der Waals surface area contributed by atoms with Crippen LogP contribution >= 0.6 is 0 Å². The van der Waals surface area contributed by atoms with E-state index in [1.165, 1.54) is 23.9 Å². The van der Waals surface area contributed by atoms with E-state index in [1.54, 1.807) is 7.05 Å². The Bertz CT molecular complexity index is 1020. The Balaban J connectivity index is 1.47. The second kappa shape index (κ2) is 10.2. The third kappa shape index (κ3) is 5.92. The molecule has 1 heterocycles. The van der Waals surface area contributed by atoms with Crippen molar-refractivity contribution in [2.45, 2.75) is 4.90 Å². The van der Waals surface area contributed by atoms with Gasteiger partial charge in [0.05, 0.1) is 9.82 Å². The van der Waals surface area contributed by atoms with Gasteiger partial charge in [-0.25, -0.2) is 13.1 Å². The minimum Gasteiger partial charge on any atom is -0.368 e. The minimum absolute atomic E-state index is 0.119. The summed E-state index contributed by atoms with van der Waals surface area (Å²) < 4.78 is 27.2. The molecule has 1 saturated heterocycles. The molecule has 0 aromatic heterocycles. The normalized spacial score (nSPS) is 15.1. The van der Waals surface area contributed by atoms with Crippen molar-refractivity contribution in [1.29, 1.82) is 0 Å². The zero-order valence-corrected chi connectivity index (χ0v) is 18.1. The van der Waals surface area contributed by atoms with Gasteiger partial charge in [0, 0.05) is 64.1 Å². The number of benzene rings is 2. The second-order valence-electron chi connectivity index (χ2n) is 6.94. The Morgan fingerprint density at radius 3 is 2.42 bits per heavy atom. The SMILES string of the molecule is CN=C(NCCNS(=O)(=O)c1cccc([N+](=O)[O-])c1)N1CCN(c2ccccc2)CC1. The van der Waals surface area contributed by atoms with Crippen LogP contribution < -0.4 is 14.9 Å². The molecule has 0 unspecified atom stereocenters. The third-order valence-corrected chi connectivity index (χ3v) is 6.41. The van der Waals surface area contributed by atoms with Crippen LogP contribution in [0.1, 0.15) is 0 Å². The predicted octanol–water partition coefficient (Wildman–Crippen LogP) is 1.27. The number of nitro benzene ring substituents is 1. The molecule has 0 atom stereocenters. The van der Waals surface area contributed by atoms with Gasteiger partial charge in [-0.3, -0.25) is 15.1 Å². The number of para-hydroxylation sites is 1. The number of aliphatic imine (C=N–C) groups is 1. The summed E-state index contributed by atoms with van der Waals surface area (Å²) in [7, 11) is -2.14. The molecule has 0 radical (unpaired) electrons. The number of nitrogens with one attached hydrogen (secondary N) is 2. The van der Waals surface area contributed by atoms with Crippen molar-refractivity contribution in [3.63, 3.8) is 0 Å². The van der Waals surface area contributed by atoms with Crippen LogP contribution in [-0.2, 0) is 10.0 Å². The van der Waals surface area contributed by atoms with Crippen LogP contribution in [0.25, 0.3) is 0 Å². The van der Waals surface area contributed by atoms with Crippen molar-refractivity contribution < 1.29 is 13.3 Å². The lowest BCUT2D eigenvalue weighted by Crippen LogP contribution is -2.53. The first-order valence-corrected chi connectivity index (χ1v) is 11.4. The summed E-state index contributed by atoms with van der Waals surface area (Å²) in [6.07, 6.45) is 0. The van der Waals surface area contributed by atoms with Gasteiger partial charge in [-0.1, -0.05) is 24.3 Å². The fraction of sp³-hybridized carbons (Fsp3) is 0.350. The van der Waals surface area contributed by atoms with E-state index in [-0.39, 0.29) is 17.1 Å². The first kappa shape index (κ1) is 22.5. The molecule has 31 heavy (non-hydrogen) atoms. The number of nitro groups is 1. The maximum atomic E-state index is 12.4. The molecule has 0 spiro atoms. The number of non-ortho nitro benzene ring substituents is 1. The quantitative estimate of drug-likeness (QED) is 0.216. The van der Waals surface area contributed by atoms with Crippen LogP contribution in [0, 0.1) is 10.1 Å². The smallest absolute Gasteiger partial charge is 0.270 e. The van der Waals surface area contributed by atoms with E-state index in [4.69, 9.17) is 0 Å². The maximum absolute atomic E-state index is 12.4. The van der Waals surface area contributed by atoms with Crippen LogP contribution in [0.5, 0.6) is 0 Å². The van der Waals surface area contributed by atoms with Gasteiger partial charge in [-0.05, 0) is 18.2 Å². The van der Waals surface area contributed by atoms with Crippen LogP contribution in [0.3, 0.4) is 0 Å². The molecule has 0 saturated carbocycles. The van der Waals surface area contributed by atoms with Crippen molar-refractivity contribution in [2.75, 3.05) is 51.2 Å².